The third kappa shape index (κ3) is 3.98. The Balaban J connectivity index is 1.49. The minimum absolute atomic E-state index is 0.0502. The predicted molar refractivity (Wildman–Crippen MR) is 85.1 cm³/mol. The molecule has 2 fully saturated rings. The third-order valence-electron chi connectivity index (χ3n) is 4.25. The largest absolute Gasteiger partial charge is 0.355 e. The maximum atomic E-state index is 12.3. The van der Waals surface area contributed by atoms with Gasteiger partial charge in [-0.25, -0.2) is 9.78 Å². The fourth-order valence-corrected chi connectivity index (χ4v) is 2.94. The van der Waals surface area contributed by atoms with Gasteiger partial charge in [0.15, 0.2) is 0 Å². The molecule has 0 aliphatic carbocycles. The fraction of sp³-hybridized carbons (Fsp3) is 0.533. The lowest BCUT2D eigenvalue weighted by atomic mass is 10.0. The summed E-state index contributed by atoms with van der Waals surface area (Å²) in [6, 6.07) is -1.24. The Kier molecular flexibility index (Phi) is 4.88. The number of urea groups is 1. The molecule has 1 aromatic heterocycles. The first kappa shape index (κ1) is 16.2. The zero-order chi connectivity index (χ0) is 16.9. The number of piperidine rings is 1. The van der Waals surface area contributed by atoms with Crippen LogP contribution < -0.4 is 20.9 Å². The Morgan fingerprint density at radius 1 is 1.21 bits per heavy atom. The fourth-order valence-electron chi connectivity index (χ4n) is 2.94. The molecule has 2 saturated heterocycles. The van der Waals surface area contributed by atoms with Crippen molar-refractivity contribution in [2.24, 2.45) is 0 Å². The third-order valence-corrected chi connectivity index (χ3v) is 4.25. The topological polar surface area (TPSA) is 116 Å². The molecule has 9 nitrogen and oxygen atoms in total. The highest BCUT2D eigenvalue weighted by Gasteiger charge is 2.28. The van der Waals surface area contributed by atoms with Crippen LogP contribution in [0, 0.1) is 0 Å². The molecule has 2 aliphatic rings. The van der Waals surface area contributed by atoms with Crippen LogP contribution in [0.15, 0.2) is 18.6 Å². The van der Waals surface area contributed by atoms with Gasteiger partial charge < -0.3 is 15.5 Å². The lowest BCUT2D eigenvalue weighted by Gasteiger charge is -2.33. The van der Waals surface area contributed by atoms with Crippen LogP contribution in [0.5, 0.6) is 0 Å². The maximum absolute atomic E-state index is 12.3. The Morgan fingerprint density at radius 2 is 2.00 bits per heavy atom. The number of carbonyl (C=O) groups excluding carboxylic acids is 3. The number of hydrogen-bond donors (Lipinski definition) is 3. The second-order valence-electron chi connectivity index (χ2n) is 5.95. The van der Waals surface area contributed by atoms with E-state index in [1.165, 1.54) is 0 Å². The van der Waals surface area contributed by atoms with Crippen LogP contribution in [0.3, 0.4) is 0 Å². The van der Waals surface area contributed by atoms with Crippen molar-refractivity contribution >= 4 is 23.7 Å². The SMILES string of the molecule is O=C1CC[C@@H](C(=O)NC2CCN(c3cnccn3)CC2)NC(=O)N1. The van der Waals surface area contributed by atoms with Gasteiger partial charge in [-0.15, -0.1) is 0 Å². The molecule has 4 amide bonds. The average molecular weight is 332 g/mol. The number of hydrogen-bond acceptors (Lipinski definition) is 6. The second kappa shape index (κ2) is 7.24. The van der Waals surface area contributed by atoms with Gasteiger partial charge in [-0.05, 0) is 19.3 Å². The van der Waals surface area contributed by atoms with Gasteiger partial charge in [-0.2, -0.15) is 0 Å². The smallest absolute Gasteiger partial charge is 0.322 e. The van der Waals surface area contributed by atoms with Crippen LogP contribution in [0.1, 0.15) is 25.7 Å². The van der Waals surface area contributed by atoms with Gasteiger partial charge in [0.05, 0.1) is 6.20 Å². The van der Waals surface area contributed by atoms with Crippen molar-refractivity contribution in [3.8, 4) is 0 Å². The van der Waals surface area contributed by atoms with Crippen LogP contribution in [0.2, 0.25) is 0 Å². The second-order valence-corrected chi connectivity index (χ2v) is 5.95. The van der Waals surface area contributed by atoms with Gasteiger partial charge in [0, 0.05) is 37.9 Å². The summed E-state index contributed by atoms with van der Waals surface area (Å²) in [6.07, 6.45) is 7.07. The molecule has 0 spiro atoms. The average Bonchev–Trinajstić information content (AvgIpc) is 2.76. The molecular weight excluding hydrogens is 312 g/mol. The van der Waals surface area contributed by atoms with Crippen LogP contribution in [-0.2, 0) is 9.59 Å². The molecule has 9 heteroatoms. The minimum atomic E-state index is -0.672. The number of aromatic nitrogens is 2. The summed E-state index contributed by atoms with van der Waals surface area (Å²) in [4.78, 5) is 45.6. The van der Waals surface area contributed by atoms with Crippen molar-refractivity contribution in [3.05, 3.63) is 18.6 Å². The van der Waals surface area contributed by atoms with Crippen LogP contribution >= 0.6 is 0 Å². The first-order chi connectivity index (χ1) is 11.6. The van der Waals surface area contributed by atoms with Crippen LogP contribution in [-0.4, -0.2) is 53.0 Å². The number of anilines is 1. The lowest BCUT2D eigenvalue weighted by Crippen LogP contribution is -2.52. The van der Waals surface area contributed by atoms with E-state index in [1.54, 1.807) is 18.6 Å². The number of carbonyl (C=O) groups is 3. The molecule has 0 unspecified atom stereocenters. The molecule has 3 rings (SSSR count). The number of nitrogens with one attached hydrogen (secondary N) is 3. The van der Waals surface area contributed by atoms with Crippen molar-refractivity contribution in [1.29, 1.82) is 0 Å². The molecule has 2 aliphatic heterocycles. The van der Waals surface area contributed by atoms with E-state index in [1.807, 2.05) is 0 Å². The van der Waals surface area contributed by atoms with Crippen molar-refractivity contribution in [3.63, 3.8) is 0 Å². The van der Waals surface area contributed by atoms with Gasteiger partial charge in [-0.3, -0.25) is 19.9 Å². The molecule has 128 valence electrons. The first-order valence-corrected chi connectivity index (χ1v) is 8.03. The van der Waals surface area contributed by atoms with Crippen molar-refractivity contribution < 1.29 is 14.4 Å². The highest BCUT2D eigenvalue weighted by Crippen LogP contribution is 2.16. The van der Waals surface area contributed by atoms with E-state index in [-0.39, 0.29) is 24.3 Å². The van der Waals surface area contributed by atoms with Gasteiger partial charge >= 0.3 is 6.03 Å². The van der Waals surface area contributed by atoms with Gasteiger partial charge in [-0.1, -0.05) is 0 Å². The Hall–Kier alpha value is -2.71. The molecule has 3 N–H and O–H groups in total. The summed E-state index contributed by atoms with van der Waals surface area (Å²) in [5.74, 6) is 0.237. The van der Waals surface area contributed by atoms with Gasteiger partial charge in [0.1, 0.15) is 11.9 Å². The quantitative estimate of drug-likeness (QED) is 0.690. The summed E-state index contributed by atoms with van der Waals surface area (Å²) in [5.41, 5.74) is 0. The zero-order valence-electron chi connectivity index (χ0n) is 13.2. The summed E-state index contributed by atoms with van der Waals surface area (Å²) in [6.45, 7) is 1.56. The number of amides is 4. The summed E-state index contributed by atoms with van der Waals surface area (Å²) < 4.78 is 0. The standard InChI is InChI=1S/C15H20N6O3/c22-13-2-1-11(19-15(24)20-13)14(23)18-10-3-7-21(8-4-10)12-9-16-5-6-17-12/h5-6,9-11H,1-4,7-8H2,(H,18,23)(H2,19,20,22,24)/t11-/m0/s1. The lowest BCUT2D eigenvalue weighted by molar-refractivity contribution is -0.124. The van der Waals surface area contributed by atoms with E-state index in [9.17, 15) is 14.4 Å². The van der Waals surface area contributed by atoms with E-state index < -0.39 is 12.1 Å². The molecule has 24 heavy (non-hydrogen) atoms. The highest BCUT2D eigenvalue weighted by molar-refractivity contribution is 5.98. The molecule has 3 heterocycles. The molecule has 0 saturated carbocycles. The summed E-state index contributed by atoms with van der Waals surface area (Å²) >= 11 is 0. The highest BCUT2D eigenvalue weighted by atomic mass is 16.2. The van der Waals surface area contributed by atoms with Gasteiger partial charge in [0.2, 0.25) is 11.8 Å². The minimum Gasteiger partial charge on any atom is -0.355 e. The molecule has 1 aromatic rings. The Bertz CT molecular complexity index is 615. The monoisotopic (exact) mass is 332 g/mol. The van der Waals surface area contributed by atoms with Crippen molar-refractivity contribution in [1.82, 2.24) is 25.9 Å². The van der Waals surface area contributed by atoms with E-state index in [0.717, 1.165) is 31.7 Å². The first-order valence-electron chi connectivity index (χ1n) is 8.03. The molecule has 0 radical (unpaired) electrons. The zero-order valence-corrected chi connectivity index (χ0v) is 13.2. The molecular formula is C15H20N6O3. The Morgan fingerprint density at radius 3 is 2.71 bits per heavy atom. The molecule has 1 atom stereocenters. The number of rotatable bonds is 3. The van der Waals surface area contributed by atoms with Gasteiger partial charge in [0.25, 0.3) is 0 Å². The summed E-state index contributed by atoms with van der Waals surface area (Å²) in [5, 5.41) is 7.66. The Labute approximate surface area is 139 Å². The normalized spacial score (nSPS) is 22.3. The van der Waals surface area contributed by atoms with E-state index in [4.69, 9.17) is 0 Å². The molecule has 0 aromatic carbocycles. The van der Waals surface area contributed by atoms with E-state index in [0.29, 0.717) is 6.42 Å². The van der Waals surface area contributed by atoms with Crippen LogP contribution in [0.25, 0.3) is 0 Å². The van der Waals surface area contributed by atoms with Crippen molar-refractivity contribution in [2.75, 3.05) is 18.0 Å². The molecule has 0 bridgehead atoms. The van der Waals surface area contributed by atoms with E-state index in [2.05, 4.69) is 30.8 Å². The predicted octanol–water partition coefficient (Wildman–Crippen LogP) is -0.450. The van der Waals surface area contributed by atoms with Crippen LogP contribution in [0.4, 0.5) is 10.6 Å². The number of imide groups is 1. The maximum Gasteiger partial charge on any atom is 0.322 e. The van der Waals surface area contributed by atoms with Crippen molar-refractivity contribution in [2.45, 2.75) is 37.8 Å². The summed E-state index contributed by atoms with van der Waals surface area (Å²) in [7, 11) is 0. The number of nitrogens with zero attached hydrogens (tertiary/aromatic N) is 3. The van der Waals surface area contributed by atoms with E-state index >= 15 is 0 Å².